The van der Waals surface area contributed by atoms with Crippen molar-refractivity contribution in [1.82, 2.24) is 9.88 Å². The van der Waals surface area contributed by atoms with Crippen LogP contribution in [0.5, 0.6) is 0 Å². The Hall–Kier alpha value is -2.38. The van der Waals surface area contributed by atoms with Gasteiger partial charge < -0.3 is 19.8 Å². The molecule has 0 radical (unpaired) electrons. The van der Waals surface area contributed by atoms with E-state index in [1.54, 1.807) is 11.3 Å². The molecule has 1 atom stereocenters. The second-order valence-corrected chi connectivity index (χ2v) is 7.09. The second kappa shape index (κ2) is 6.85. The number of nitrogens with two attached hydrogens (primary N) is 1. The van der Waals surface area contributed by atoms with Crippen LogP contribution in [0, 0.1) is 0 Å². The molecule has 0 aliphatic carbocycles. The van der Waals surface area contributed by atoms with E-state index < -0.39 is 0 Å². The van der Waals surface area contributed by atoms with Gasteiger partial charge in [-0.25, -0.2) is 9.98 Å². The monoisotopic (exact) mass is 356 g/mol. The average Bonchev–Trinajstić information content (AvgIpc) is 3.26. The number of furan rings is 1. The van der Waals surface area contributed by atoms with Gasteiger partial charge in [0.2, 0.25) is 0 Å². The molecule has 1 aliphatic rings. The zero-order valence-electron chi connectivity index (χ0n) is 14.0. The fourth-order valence-corrected chi connectivity index (χ4v) is 3.77. The van der Waals surface area contributed by atoms with Gasteiger partial charge in [-0.15, -0.1) is 11.3 Å². The fraction of sp³-hybridized carbons (Fsp3) is 0.333. The van der Waals surface area contributed by atoms with Gasteiger partial charge in [0.25, 0.3) is 0 Å². The van der Waals surface area contributed by atoms with Gasteiger partial charge in [-0.05, 0) is 31.2 Å². The van der Waals surface area contributed by atoms with Crippen molar-refractivity contribution in [2.24, 2.45) is 10.7 Å². The molecule has 1 aliphatic heterocycles. The third-order valence-corrected chi connectivity index (χ3v) is 5.18. The summed E-state index contributed by atoms with van der Waals surface area (Å²) >= 11 is 1.62. The van der Waals surface area contributed by atoms with Crippen molar-refractivity contribution in [1.29, 1.82) is 0 Å². The Morgan fingerprint density at radius 3 is 3.08 bits per heavy atom. The van der Waals surface area contributed by atoms with E-state index in [0.29, 0.717) is 19.1 Å². The predicted molar refractivity (Wildman–Crippen MR) is 99.6 cm³/mol. The molecule has 0 bridgehead atoms. The number of para-hydroxylation sites is 1. The minimum atomic E-state index is 0.178. The molecule has 1 saturated heterocycles. The highest BCUT2D eigenvalue weighted by Crippen LogP contribution is 2.31. The quantitative estimate of drug-likeness (QED) is 0.576. The van der Waals surface area contributed by atoms with Gasteiger partial charge in [-0.1, -0.05) is 12.1 Å². The zero-order chi connectivity index (χ0) is 17.2. The lowest BCUT2D eigenvalue weighted by molar-refractivity contribution is 0.00528. The smallest absolute Gasteiger partial charge is 0.191 e. The molecule has 2 N–H and O–H groups in total. The normalized spacial score (nSPS) is 18.8. The van der Waals surface area contributed by atoms with Crippen LogP contribution in [0.1, 0.15) is 12.7 Å². The molecule has 0 amide bonds. The van der Waals surface area contributed by atoms with E-state index in [0.717, 1.165) is 39.8 Å². The van der Waals surface area contributed by atoms with Gasteiger partial charge in [-0.2, -0.15) is 0 Å². The number of guanidine groups is 1. The van der Waals surface area contributed by atoms with Crippen LogP contribution in [0.2, 0.25) is 0 Å². The topological polar surface area (TPSA) is 76.9 Å². The van der Waals surface area contributed by atoms with Crippen LogP contribution in [0.25, 0.3) is 21.0 Å². The van der Waals surface area contributed by atoms with E-state index in [4.69, 9.17) is 14.9 Å². The van der Waals surface area contributed by atoms with E-state index in [1.165, 1.54) is 0 Å². The summed E-state index contributed by atoms with van der Waals surface area (Å²) in [6, 6.07) is 11.9. The first-order valence-corrected chi connectivity index (χ1v) is 9.12. The summed E-state index contributed by atoms with van der Waals surface area (Å²) in [5.74, 6) is 2.08. The van der Waals surface area contributed by atoms with Crippen LogP contribution in [0.15, 0.2) is 45.8 Å². The first-order valence-electron chi connectivity index (χ1n) is 8.30. The van der Waals surface area contributed by atoms with Crippen LogP contribution in [0.4, 0.5) is 0 Å². The predicted octanol–water partition coefficient (Wildman–Crippen LogP) is 3.09. The average molecular weight is 356 g/mol. The van der Waals surface area contributed by atoms with Gasteiger partial charge in [0, 0.05) is 13.1 Å². The number of nitrogens with zero attached hydrogens (tertiary/aromatic N) is 3. The molecular formula is C18H20N4O2S. The summed E-state index contributed by atoms with van der Waals surface area (Å²) in [7, 11) is 0. The van der Waals surface area contributed by atoms with E-state index >= 15 is 0 Å². The molecule has 1 unspecified atom stereocenters. The van der Waals surface area contributed by atoms with Gasteiger partial charge in [0.1, 0.15) is 12.3 Å². The van der Waals surface area contributed by atoms with Crippen molar-refractivity contribution < 1.29 is 9.15 Å². The van der Waals surface area contributed by atoms with Crippen LogP contribution >= 0.6 is 11.3 Å². The molecule has 3 aromatic rings. The van der Waals surface area contributed by atoms with Gasteiger partial charge >= 0.3 is 0 Å². The first-order chi connectivity index (χ1) is 12.2. The van der Waals surface area contributed by atoms with Gasteiger partial charge in [-0.3, -0.25) is 0 Å². The Morgan fingerprint density at radius 1 is 1.36 bits per heavy atom. The van der Waals surface area contributed by atoms with Crippen molar-refractivity contribution in [2.75, 3.05) is 19.7 Å². The molecule has 7 heteroatoms. The third kappa shape index (κ3) is 3.52. The summed E-state index contributed by atoms with van der Waals surface area (Å²) in [4.78, 5) is 11.1. The number of fused-ring (bicyclic) bond motifs is 1. The van der Waals surface area contributed by atoms with E-state index in [1.807, 2.05) is 42.2 Å². The maximum Gasteiger partial charge on any atom is 0.191 e. The lowest BCUT2D eigenvalue weighted by Gasteiger charge is -2.31. The van der Waals surface area contributed by atoms with Crippen molar-refractivity contribution in [3.8, 4) is 10.8 Å². The minimum absolute atomic E-state index is 0.178. The molecule has 6 nitrogen and oxygen atoms in total. The Bertz CT molecular complexity index is 868. The minimum Gasteiger partial charge on any atom is -0.457 e. The molecule has 130 valence electrons. The van der Waals surface area contributed by atoms with Crippen molar-refractivity contribution in [2.45, 2.75) is 19.6 Å². The van der Waals surface area contributed by atoms with E-state index in [2.05, 4.69) is 16.0 Å². The second-order valence-electron chi connectivity index (χ2n) is 6.05. The Balaban J connectivity index is 1.46. The summed E-state index contributed by atoms with van der Waals surface area (Å²) < 4.78 is 12.6. The number of morpholine rings is 1. The van der Waals surface area contributed by atoms with Crippen LogP contribution < -0.4 is 5.73 Å². The molecule has 1 fully saturated rings. The van der Waals surface area contributed by atoms with E-state index in [9.17, 15) is 0 Å². The number of thiazole rings is 1. The highest BCUT2D eigenvalue weighted by molar-refractivity contribution is 7.21. The molecule has 4 rings (SSSR count). The molecule has 1 aromatic carbocycles. The summed E-state index contributed by atoms with van der Waals surface area (Å²) in [5, 5.41) is 0.881. The molecule has 25 heavy (non-hydrogen) atoms. The fourth-order valence-electron chi connectivity index (χ4n) is 2.84. The number of aliphatic imine (C=N–C) groups is 1. The standard InChI is InChI=1S/C18H20N4O2S/c1-12-11-22(8-9-23-12)18(19)20-10-13-6-7-15(24-13)17-21-14-4-2-3-5-16(14)25-17/h2-7,12H,8-11H2,1H3,(H2,19,20). The number of aromatic nitrogens is 1. The highest BCUT2D eigenvalue weighted by atomic mass is 32.1. The van der Waals surface area contributed by atoms with Gasteiger partial charge in [0.15, 0.2) is 16.7 Å². The number of hydrogen-bond donors (Lipinski definition) is 1. The van der Waals surface area contributed by atoms with Gasteiger partial charge in [0.05, 0.1) is 22.9 Å². The Kier molecular flexibility index (Phi) is 4.42. The van der Waals surface area contributed by atoms with Crippen molar-refractivity contribution in [3.63, 3.8) is 0 Å². The molecule has 2 aromatic heterocycles. The van der Waals surface area contributed by atoms with Crippen molar-refractivity contribution in [3.05, 3.63) is 42.2 Å². The first kappa shape index (κ1) is 16.1. The number of benzene rings is 1. The lowest BCUT2D eigenvalue weighted by atomic mass is 10.3. The lowest BCUT2D eigenvalue weighted by Crippen LogP contribution is -2.47. The number of hydrogen-bond acceptors (Lipinski definition) is 5. The maximum atomic E-state index is 6.10. The van der Waals surface area contributed by atoms with Crippen LogP contribution in [-0.4, -0.2) is 41.6 Å². The summed E-state index contributed by atoms with van der Waals surface area (Å²) in [5.41, 5.74) is 7.09. The highest BCUT2D eigenvalue weighted by Gasteiger charge is 2.18. The number of rotatable bonds is 3. The molecular weight excluding hydrogens is 336 g/mol. The SMILES string of the molecule is CC1CN(C(N)=NCc2ccc(-c3nc4ccccc4s3)o2)CCO1. The third-order valence-electron chi connectivity index (χ3n) is 4.13. The zero-order valence-corrected chi connectivity index (χ0v) is 14.8. The largest absolute Gasteiger partial charge is 0.457 e. The molecule has 3 heterocycles. The Morgan fingerprint density at radius 2 is 2.24 bits per heavy atom. The summed E-state index contributed by atoms with van der Waals surface area (Å²) in [6.07, 6.45) is 0.178. The summed E-state index contributed by atoms with van der Waals surface area (Å²) in [6.45, 7) is 4.68. The molecule has 0 spiro atoms. The number of ether oxygens (including phenoxy) is 1. The van der Waals surface area contributed by atoms with E-state index in [-0.39, 0.29) is 6.10 Å². The molecule has 0 saturated carbocycles. The maximum absolute atomic E-state index is 6.10. The Labute approximate surface area is 149 Å². The van der Waals surface area contributed by atoms with Crippen LogP contribution in [0.3, 0.4) is 0 Å². The van der Waals surface area contributed by atoms with Crippen LogP contribution in [-0.2, 0) is 11.3 Å². The van der Waals surface area contributed by atoms with Crippen molar-refractivity contribution >= 4 is 27.5 Å².